The number of likely N-dealkylation sites (tertiary alicyclic amines) is 2. The largest absolute Gasteiger partial charge is 0.376 e. The van der Waals surface area contributed by atoms with Crippen molar-refractivity contribution in [1.29, 1.82) is 0 Å². The average Bonchev–Trinajstić information content (AvgIpc) is 2.75. The maximum absolute atomic E-state index is 5.99. The van der Waals surface area contributed by atoms with Gasteiger partial charge in [-0.25, -0.2) is 0 Å². The van der Waals surface area contributed by atoms with E-state index in [4.69, 9.17) is 4.74 Å². The van der Waals surface area contributed by atoms with Crippen molar-refractivity contribution in [2.75, 3.05) is 52.9 Å². The van der Waals surface area contributed by atoms with E-state index in [1.807, 2.05) is 12.4 Å². The second-order valence-electron chi connectivity index (χ2n) is 11.0. The fourth-order valence-electron chi connectivity index (χ4n) is 6.06. The van der Waals surface area contributed by atoms with Crippen molar-refractivity contribution in [1.82, 2.24) is 19.7 Å². The van der Waals surface area contributed by atoms with Crippen LogP contribution in [0.25, 0.3) is 0 Å². The van der Waals surface area contributed by atoms with E-state index in [2.05, 4.69) is 52.7 Å². The van der Waals surface area contributed by atoms with Gasteiger partial charge >= 0.3 is 0 Å². The summed E-state index contributed by atoms with van der Waals surface area (Å²) in [6, 6.07) is 5.20. The first-order valence-electron chi connectivity index (χ1n) is 12.6. The Morgan fingerprint density at radius 3 is 2.32 bits per heavy atom. The molecule has 3 saturated heterocycles. The quantitative estimate of drug-likeness (QED) is 0.658. The highest BCUT2D eigenvalue weighted by Gasteiger charge is 2.32. The third-order valence-corrected chi connectivity index (χ3v) is 7.84. The van der Waals surface area contributed by atoms with Gasteiger partial charge in [0, 0.05) is 44.7 Å². The minimum absolute atomic E-state index is 0.0324. The van der Waals surface area contributed by atoms with E-state index in [1.54, 1.807) is 0 Å². The SMILES string of the molecule is CN1CCC(N2CCC(CN(Cc3ccncc3)CC3CCOC(C)(C)C3)CC2)CC1. The molecule has 1 aromatic heterocycles. The Morgan fingerprint density at radius 1 is 0.968 bits per heavy atom. The van der Waals surface area contributed by atoms with Crippen LogP contribution in [-0.2, 0) is 11.3 Å². The lowest BCUT2D eigenvalue weighted by molar-refractivity contribution is -0.0778. The van der Waals surface area contributed by atoms with Crippen molar-refractivity contribution >= 4 is 0 Å². The standard InChI is InChI=1S/C26H44N4O/c1-26(2)18-24(10-17-31-26)21-29(19-22-4-11-27-12-5-22)20-23-6-15-30(16-7-23)25-8-13-28(3)14-9-25/h4-5,11-12,23-25H,6-10,13-21H2,1-3H3. The highest BCUT2D eigenvalue weighted by atomic mass is 16.5. The molecule has 0 spiro atoms. The molecule has 31 heavy (non-hydrogen) atoms. The molecule has 4 rings (SSSR count). The predicted molar refractivity (Wildman–Crippen MR) is 127 cm³/mol. The highest BCUT2D eigenvalue weighted by Crippen LogP contribution is 2.30. The Balaban J connectivity index is 1.31. The van der Waals surface area contributed by atoms with Crippen molar-refractivity contribution in [3.05, 3.63) is 30.1 Å². The molecule has 0 bridgehead atoms. The third-order valence-electron chi connectivity index (χ3n) is 7.84. The van der Waals surface area contributed by atoms with E-state index in [9.17, 15) is 0 Å². The maximum atomic E-state index is 5.99. The maximum Gasteiger partial charge on any atom is 0.0629 e. The van der Waals surface area contributed by atoms with Crippen molar-refractivity contribution in [2.24, 2.45) is 11.8 Å². The van der Waals surface area contributed by atoms with Gasteiger partial charge in [0.05, 0.1) is 5.60 Å². The molecule has 1 unspecified atom stereocenters. The second kappa shape index (κ2) is 10.7. The second-order valence-corrected chi connectivity index (χ2v) is 11.0. The molecule has 0 saturated carbocycles. The van der Waals surface area contributed by atoms with E-state index in [0.717, 1.165) is 31.0 Å². The Kier molecular flexibility index (Phi) is 8.02. The van der Waals surface area contributed by atoms with Gasteiger partial charge in [0.2, 0.25) is 0 Å². The summed E-state index contributed by atoms with van der Waals surface area (Å²) in [6.45, 7) is 14.0. The van der Waals surface area contributed by atoms with Gasteiger partial charge in [-0.3, -0.25) is 9.88 Å². The van der Waals surface area contributed by atoms with E-state index >= 15 is 0 Å². The van der Waals surface area contributed by atoms with Crippen LogP contribution in [0.1, 0.15) is 57.9 Å². The van der Waals surface area contributed by atoms with E-state index in [1.165, 1.54) is 83.4 Å². The number of hydrogen-bond donors (Lipinski definition) is 0. The van der Waals surface area contributed by atoms with Crippen LogP contribution in [-0.4, -0.2) is 84.2 Å². The van der Waals surface area contributed by atoms with Crippen LogP contribution in [0.2, 0.25) is 0 Å². The van der Waals surface area contributed by atoms with Crippen molar-refractivity contribution in [3.63, 3.8) is 0 Å². The van der Waals surface area contributed by atoms with Gasteiger partial charge in [-0.05, 0) is 115 Å². The Hall–Kier alpha value is -1.01. The molecular weight excluding hydrogens is 384 g/mol. The monoisotopic (exact) mass is 428 g/mol. The van der Waals surface area contributed by atoms with E-state index < -0.39 is 0 Å². The topological polar surface area (TPSA) is 31.8 Å². The molecule has 3 aliphatic heterocycles. The molecule has 1 atom stereocenters. The van der Waals surface area contributed by atoms with Crippen LogP contribution in [0.15, 0.2) is 24.5 Å². The molecule has 174 valence electrons. The van der Waals surface area contributed by atoms with Crippen LogP contribution < -0.4 is 0 Å². The van der Waals surface area contributed by atoms with Crippen LogP contribution in [0.4, 0.5) is 0 Å². The first kappa shape index (κ1) is 23.2. The minimum atomic E-state index is 0.0324. The zero-order valence-corrected chi connectivity index (χ0v) is 20.1. The van der Waals surface area contributed by atoms with Crippen LogP contribution in [0, 0.1) is 11.8 Å². The minimum Gasteiger partial charge on any atom is -0.376 e. The van der Waals surface area contributed by atoms with Gasteiger partial charge in [-0.15, -0.1) is 0 Å². The zero-order chi connectivity index (χ0) is 21.7. The van der Waals surface area contributed by atoms with Crippen LogP contribution in [0.3, 0.4) is 0 Å². The first-order valence-corrected chi connectivity index (χ1v) is 12.6. The third kappa shape index (κ3) is 6.98. The molecule has 0 N–H and O–H groups in total. The number of nitrogens with zero attached hydrogens (tertiary/aromatic N) is 4. The summed E-state index contributed by atoms with van der Waals surface area (Å²) in [5, 5.41) is 0. The predicted octanol–water partition coefficient (Wildman–Crippen LogP) is 3.90. The van der Waals surface area contributed by atoms with Gasteiger partial charge in [0.1, 0.15) is 0 Å². The van der Waals surface area contributed by atoms with Gasteiger partial charge < -0.3 is 14.5 Å². The van der Waals surface area contributed by atoms with Crippen LogP contribution >= 0.6 is 0 Å². The number of hydrogen-bond acceptors (Lipinski definition) is 5. The van der Waals surface area contributed by atoms with Gasteiger partial charge in [-0.1, -0.05) is 0 Å². The fourth-order valence-corrected chi connectivity index (χ4v) is 6.06. The number of ether oxygens (including phenoxy) is 1. The molecule has 3 fully saturated rings. The summed E-state index contributed by atoms with van der Waals surface area (Å²) in [4.78, 5) is 12.3. The van der Waals surface area contributed by atoms with E-state index in [0.29, 0.717) is 0 Å². The highest BCUT2D eigenvalue weighted by molar-refractivity contribution is 5.09. The smallest absolute Gasteiger partial charge is 0.0629 e. The summed E-state index contributed by atoms with van der Waals surface area (Å²) >= 11 is 0. The Morgan fingerprint density at radius 2 is 1.65 bits per heavy atom. The molecule has 5 nitrogen and oxygen atoms in total. The lowest BCUT2D eigenvalue weighted by Crippen LogP contribution is -2.48. The fraction of sp³-hybridized carbons (Fsp3) is 0.808. The molecule has 1 aromatic rings. The van der Waals surface area contributed by atoms with Crippen LogP contribution in [0.5, 0.6) is 0 Å². The lowest BCUT2D eigenvalue weighted by Gasteiger charge is -2.42. The molecule has 0 aliphatic carbocycles. The molecule has 5 heteroatoms. The lowest BCUT2D eigenvalue weighted by atomic mass is 9.87. The summed E-state index contributed by atoms with van der Waals surface area (Å²) in [5.74, 6) is 1.57. The van der Waals surface area contributed by atoms with Crippen molar-refractivity contribution < 1.29 is 4.74 Å². The number of piperidine rings is 2. The number of pyridine rings is 1. The van der Waals surface area contributed by atoms with Crippen molar-refractivity contribution in [2.45, 2.75) is 70.6 Å². The average molecular weight is 429 g/mol. The number of rotatable bonds is 7. The number of aromatic nitrogens is 1. The summed E-state index contributed by atoms with van der Waals surface area (Å²) in [6.07, 6.45) is 11.7. The normalized spacial score (nSPS) is 27.0. The summed E-state index contributed by atoms with van der Waals surface area (Å²) in [5.41, 5.74) is 1.43. The van der Waals surface area contributed by atoms with Gasteiger partial charge in [0.25, 0.3) is 0 Å². The molecule has 0 radical (unpaired) electrons. The zero-order valence-electron chi connectivity index (χ0n) is 20.1. The first-order chi connectivity index (χ1) is 15.0. The van der Waals surface area contributed by atoms with Crippen molar-refractivity contribution in [3.8, 4) is 0 Å². The molecule has 0 amide bonds. The van der Waals surface area contributed by atoms with E-state index in [-0.39, 0.29) is 5.60 Å². The molecule has 4 heterocycles. The summed E-state index contributed by atoms with van der Waals surface area (Å²) in [7, 11) is 2.26. The van der Waals surface area contributed by atoms with Gasteiger partial charge in [0.15, 0.2) is 0 Å². The summed E-state index contributed by atoms with van der Waals surface area (Å²) < 4.78 is 5.99. The van der Waals surface area contributed by atoms with Gasteiger partial charge in [-0.2, -0.15) is 0 Å². The Labute approximate surface area is 190 Å². The molecular formula is C26H44N4O. The molecule has 0 aromatic carbocycles. The molecule has 3 aliphatic rings. The Bertz CT molecular complexity index is 651.